The van der Waals surface area contributed by atoms with E-state index in [9.17, 15) is 0 Å². The Bertz CT molecular complexity index is 559. The van der Waals surface area contributed by atoms with Gasteiger partial charge < -0.3 is 10.2 Å². The van der Waals surface area contributed by atoms with Gasteiger partial charge in [-0.1, -0.05) is 36.4 Å². The first-order valence-corrected chi connectivity index (χ1v) is 7.33. The van der Waals surface area contributed by atoms with Crippen LogP contribution in [-0.2, 0) is 0 Å². The molecule has 1 saturated carbocycles. The number of hydrogen-bond donors (Lipinski definition) is 1. The van der Waals surface area contributed by atoms with Crippen LogP contribution in [0.3, 0.4) is 0 Å². The summed E-state index contributed by atoms with van der Waals surface area (Å²) in [6.45, 7) is 0. The van der Waals surface area contributed by atoms with Gasteiger partial charge in [0.15, 0.2) is 0 Å². The Morgan fingerprint density at radius 2 is 1.75 bits per heavy atom. The first-order valence-electron chi connectivity index (χ1n) is 7.33. The fourth-order valence-corrected chi connectivity index (χ4v) is 2.62. The lowest BCUT2D eigenvalue weighted by molar-refractivity contribution is 0.679. The van der Waals surface area contributed by atoms with Crippen LogP contribution in [0.5, 0.6) is 0 Å². The quantitative estimate of drug-likeness (QED) is 0.867. The molecule has 1 unspecified atom stereocenters. The zero-order valence-corrected chi connectivity index (χ0v) is 12.2. The molecule has 0 aromatic heterocycles. The van der Waals surface area contributed by atoms with Gasteiger partial charge in [-0.2, -0.15) is 0 Å². The Morgan fingerprint density at radius 1 is 1.00 bits per heavy atom. The monoisotopic (exact) mass is 266 g/mol. The lowest BCUT2D eigenvalue weighted by atomic mass is 10.0. The molecule has 0 saturated heterocycles. The summed E-state index contributed by atoms with van der Waals surface area (Å²) in [7, 11) is 4.16. The van der Waals surface area contributed by atoms with Crippen molar-refractivity contribution in [3.05, 3.63) is 60.2 Å². The Kier molecular flexibility index (Phi) is 3.64. The van der Waals surface area contributed by atoms with E-state index >= 15 is 0 Å². The normalized spacial score (nSPS) is 15.7. The highest BCUT2D eigenvalue weighted by Gasteiger charge is 2.32. The van der Waals surface area contributed by atoms with Gasteiger partial charge in [0.1, 0.15) is 0 Å². The molecule has 1 atom stereocenters. The van der Waals surface area contributed by atoms with Gasteiger partial charge in [-0.05, 0) is 42.5 Å². The molecular formula is C18H22N2. The maximum atomic E-state index is 3.73. The Labute approximate surface area is 121 Å². The predicted molar refractivity (Wildman–Crippen MR) is 86.3 cm³/mol. The van der Waals surface area contributed by atoms with Gasteiger partial charge in [-0.3, -0.25) is 0 Å². The number of benzene rings is 2. The molecule has 0 bridgehead atoms. The van der Waals surface area contributed by atoms with E-state index in [0.717, 1.165) is 5.92 Å². The van der Waals surface area contributed by atoms with E-state index in [1.807, 2.05) is 0 Å². The average molecular weight is 266 g/mol. The van der Waals surface area contributed by atoms with Crippen molar-refractivity contribution in [3.8, 4) is 0 Å². The summed E-state index contributed by atoms with van der Waals surface area (Å²) in [6.07, 6.45) is 2.67. The minimum absolute atomic E-state index is 0.439. The van der Waals surface area contributed by atoms with Crippen molar-refractivity contribution in [1.29, 1.82) is 0 Å². The summed E-state index contributed by atoms with van der Waals surface area (Å²) in [5, 5.41) is 3.73. The maximum Gasteiger partial charge on any atom is 0.0542 e. The molecule has 0 heterocycles. The zero-order valence-electron chi connectivity index (χ0n) is 12.2. The molecule has 0 amide bonds. The molecule has 3 rings (SSSR count). The highest BCUT2D eigenvalue weighted by molar-refractivity contribution is 5.58. The summed E-state index contributed by atoms with van der Waals surface area (Å²) in [6, 6.07) is 19.9. The van der Waals surface area contributed by atoms with Crippen LogP contribution in [0.1, 0.15) is 24.4 Å². The van der Waals surface area contributed by atoms with Crippen LogP contribution in [0.25, 0.3) is 0 Å². The van der Waals surface area contributed by atoms with E-state index in [2.05, 4.69) is 78.9 Å². The molecule has 1 N–H and O–H groups in total. The van der Waals surface area contributed by atoms with Crippen molar-refractivity contribution in [2.24, 2.45) is 5.92 Å². The van der Waals surface area contributed by atoms with Gasteiger partial charge in [0, 0.05) is 25.5 Å². The van der Waals surface area contributed by atoms with Crippen LogP contribution in [0, 0.1) is 5.92 Å². The van der Waals surface area contributed by atoms with E-state index in [1.54, 1.807) is 0 Å². The third kappa shape index (κ3) is 2.96. The zero-order chi connectivity index (χ0) is 13.9. The SMILES string of the molecule is CN(C)c1cccc(NC(c2ccccc2)C2CC2)c1. The second-order valence-corrected chi connectivity index (χ2v) is 5.81. The third-order valence-corrected chi connectivity index (χ3v) is 3.94. The van der Waals surface area contributed by atoms with Crippen LogP contribution in [0.15, 0.2) is 54.6 Å². The van der Waals surface area contributed by atoms with Crippen LogP contribution < -0.4 is 10.2 Å². The van der Waals surface area contributed by atoms with Gasteiger partial charge in [0.2, 0.25) is 0 Å². The van der Waals surface area contributed by atoms with Crippen LogP contribution >= 0.6 is 0 Å². The first-order chi connectivity index (χ1) is 9.74. The second kappa shape index (κ2) is 5.58. The minimum Gasteiger partial charge on any atom is -0.378 e. The van der Waals surface area contributed by atoms with E-state index in [4.69, 9.17) is 0 Å². The van der Waals surface area contributed by atoms with E-state index in [-0.39, 0.29) is 0 Å². The van der Waals surface area contributed by atoms with Crippen molar-refractivity contribution in [2.75, 3.05) is 24.3 Å². The smallest absolute Gasteiger partial charge is 0.0542 e. The van der Waals surface area contributed by atoms with Gasteiger partial charge in [-0.15, -0.1) is 0 Å². The van der Waals surface area contributed by atoms with Crippen LogP contribution in [0.4, 0.5) is 11.4 Å². The van der Waals surface area contributed by atoms with Gasteiger partial charge in [0.05, 0.1) is 6.04 Å². The lowest BCUT2D eigenvalue weighted by Crippen LogP contribution is -2.14. The summed E-state index contributed by atoms with van der Waals surface area (Å²) >= 11 is 0. The van der Waals surface area contributed by atoms with Crippen molar-refractivity contribution in [3.63, 3.8) is 0 Å². The fourth-order valence-electron chi connectivity index (χ4n) is 2.62. The fraction of sp³-hybridized carbons (Fsp3) is 0.333. The molecule has 1 aliphatic rings. The number of nitrogens with zero attached hydrogens (tertiary/aromatic N) is 1. The summed E-state index contributed by atoms with van der Waals surface area (Å²) < 4.78 is 0. The molecule has 0 aliphatic heterocycles. The first kappa shape index (κ1) is 13.0. The van der Waals surface area contributed by atoms with Crippen LogP contribution in [0.2, 0.25) is 0 Å². The van der Waals surface area contributed by atoms with Crippen molar-refractivity contribution in [2.45, 2.75) is 18.9 Å². The summed E-state index contributed by atoms with van der Waals surface area (Å²) in [4.78, 5) is 2.14. The average Bonchev–Trinajstić information content (AvgIpc) is 3.30. The molecule has 0 spiro atoms. The van der Waals surface area contributed by atoms with E-state index < -0.39 is 0 Å². The number of nitrogens with one attached hydrogen (secondary N) is 1. The Balaban J connectivity index is 1.82. The second-order valence-electron chi connectivity index (χ2n) is 5.81. The van der Waals surface area contributed by atoms with Crippen molar-refractivity contribution < 1.29 is 0 Å². The number of rotatable bonds is 5. The van der Waals surface area contributed by atoms with E-state index in [0.29, 0.717) is 6.04 Å². The van der Waals surface area contributed by atoms with Crippen molar-refractivity contribution >= 4 is 11.4 Å². The van der Waals surface area contributed by atoms with Gasteiger partial charge in [-0.25, -0.2) is 0 Å². The molecule has 2 aromatic rings. The maximum absolute atomic E-state index is 3.73. The molecule has 20 heavy (non-hydrogen) atoms. The number of hydrogen-bond acceptors (Lipinski definition) is 2. The Morgan fingerprint density at radius 3 is 2.40 bits per heavy atom. The number of anilines is 2. The highest BCUT2D eigenvalue weighted by atomic mass is 15.1. The highest BCUT2D eigenvalue weighted by Crippen LogP contribution is 2.43. The molecule has 104 valence electrons. The molecule has 1 fully saturated rings. The molecule has 1 aliphatic carbocycles. The summed E-state index contributed by atoms with van der Waals surface area (Å²) in [5.74, 6) is 0.778. The molecule has 2 heteroatoms. The van der Waals surface area contributed by atoms with Crippen molar-refractivity contribution in [1.82, 2.24) is 0 Å². The third-order valence-electron chi connectivity index (χ3n) is 3.94. The molecular weight excluding hydrogens is 244 g/mol. The van der Waals surface area contributed by atoms with Gasteiger partial charge >= 0.3 is 0 Å². The minimum atomic E-state index is 0.439. The van der Waals surface area contributed by atoms with Crippen LogP contribution in [-0.4, -0.2) is 14.1 Å². The summed E-state index contributed by atoms with van der Waals surface area (Å²) in [5.41, 5.74) is 3.83. The Hall–Kier alpha value is -1.96. The van der Waals surface area contributed by atoms with E-state index in [1.165, 1.54) is 29.8 Å². The molecule has 2 aromatic carbocycles. The topological polar surface area (TPSA) is 15.3 Å². The molecule has 0 radical (unpaired) electrons. The largest absolute Gasteiger partial charge is 0.378 e. The molecule has 2 nitrogen and oxygen atoms in total. The predicted octanol–water partition coefficient (Wildman–Crippen LogP) is 4.32. The van der Waals surface area contributed by atoms with Gasteiger partial charge in [0.25, 0.3) is 0 Å². The standard InChI is InChI=1S/C18H22N2/c1-20(2)17-10-6-9-16(13-17)19-18(15-11-12-15)14-7-4-3-5-8-14/h3-10,13,15,18-19H,11-12H2,1-2H3. The lowest BCUT2D eigenvalue weighted by Gasteiger charge is -2.21.